The Kier molecular flexibility index (Phi) is 14.5. The summed E-state index contributed by atoms with van der Waals surface area (Å²) in [6.07, 6.45) is -38.8. The van der Waals surface area contributed by atoms with Crippen molar-refractivity contribution >= 4 is 0 Å². The second-order valence-corrected chi connectivity index (χ2v) is 13.1. The standard InChI is InChI=1S/C28H48O24/c29-1-6-11(31)17(37)22(42)26(48-6)45-4-9-14(34)18(38)23(28(51-9)46-3-8-13(33)16(36)19(39)24(43)47-8)52-27-21(41)15(35)10(50-27)5-44-25-20(40)12(32)7(2-30)49-25/h6-43H,1-5H2/t6-,7+,8-,9-,10+,11+,12+,13+,14+,15+,16+,17+,18+,19-,20-,21-,22-,23-,24-,25-,26-,27+,28-/m1/s1. The molecule has 0 spiro atoms. The van der Waals surface area contributed by atoms with Crippen LogP contribution in [0.4, 0.5) is 0 Å². The molecular formula is C28H48O24. The number of rotatable bonds is 13. The van der Waals surface area contributed by atoms with E-state index in [9.17, 15) is 76.6 Å². The lowest BCUT2D eigenvalue weighted by Crippen LogP contribution is -2.63. The third-order valence-corrected chi connectivity index (χ3v) is 9.56. The van der Waals surface area contributed by atoms with Crippen LogP contribution in [0.5, 0.6) is 0 Å². The molecule has 24 heteroatoms. The van der Waals surface area contributed by atoms with Crippen molar-refractivity contribution < 1.29 is 119 Å². The summed E-state index contributed by atoms with van der Waals surface area (Å²) in [5.74, 6) is 0. The van der Waals surface area contributed by atoms with Crippen LogP contribution in [-0.2, 0) is 42.6 Å². The highest BCUT2D eigenvalue weighted by Gasteiger charge is 2.53. The number of aliphatic hydroxyl groups is 15. The molecule has 5 aliphatic rings. The fourth-order valence-electron chi connectivity index (χ4n) is 6.29. The van der Waals surface area contributed by atoms with E-state index in [2.05, 4.69) is 0 Å². The zero-order valence-electron chi connectivity index (χ0n) is 27.2. The smallest absolute Gasteiger partial charge is 0.187 e. The van der Waals surface area contributed by atoms with Crippen LogP contribution >= 0.6 is 0 Å². The Labute approximate surface area is 293 Å². The van der Waals surface area contributed by atoms with Crippen LogP contribution in [0.2, 0.25) is 0 Å². The fourth-order valence-corrected chi connectivity index (χ4v) is 6.29. The molecule has 5 saturated heterocycles. The summed E-state index contributed by atoms with van der Waals surface area (Å²) in [6.45, 7) is -3.39. The lowest BCUT2D eigenvalue weighted by Gasteiger charge is -2.45. The second kappa shape index (κ2) is 17.9. The lowest BCUT2D eigenvalue weighted by atomic mass is 9.97. The van der Waals surface area contributed by atoms with E-state index < -0.39 is 174 Å². The van der Waals surface area contributed by atoms with Gasteiger partial charge in [-0.2, -0.15) is 0 Å². The molecule has 304 valence electrons. The molecule has 23 atom stereocenters. The molecule has 0 amide bonds. The predicted molar refractivity (Wildman–Crippen MR) is 155 cm³/mol. The van der Waals surface area contributed by atoms with Crippen molar-refractivity contribution in [2.75, 3.05) is 33.0 Å². The van der Waals surface area contributed by atoms with E-state index in [0.29, 0.717) is 0 Å². The van der Waals surface area contributed by atoms with Crippen LogP contribution in [0, 0.1) is 0 Å². The summed E-state index contributed by atoms with van der Waals surface area (Å²) in [5.41, 5.74) is 0. The number of ether oxygens (including phenoxy) is 9. The molecule has 0 unspecified atom stereocenters. The van der Waals surface area contributed by atoms with Crippen molar-refractivity contribution in [3.63, 3.8) is 0 Å². The Morgan fingerprint density at radius 3 is 1.21 bits per heavy atom. The summed E-state index contributed by atoms with van der Waals surface area (Å²) in [7, 11) is 0. The van der Waals surface area contributed by atoms with Gasteiger partial charge in [-0.3, -0.25) is 0 Å². The van der Waals surface area contributed by atoms with E-state index in [1.807, 2.05) is 0 Å². The molecule has 0 aliphatic carbocycles. The number of hydrogen-bond acceptors (Lipinski definition) is 24. The monoisotopic (exact) mass is 768 g/mol. The van der Waals surface area contributed by atoms with Gasteiger partial charge in [-0.25, -0.2) is 0 Å². The van der Waals surface area contributed by atoms with Gasteiger partial charge in [0.2, 0.25) is 0 Å². The largest absolute Gasteiger partial charge is 0.394 e. The van der Waals surface area contributed by atoms with Gasteiger partial charge in [-0.05, 0) is 0 Å². The molecule has 24 nitrogen and oxygen atoms in total. The minimum absolute atomic E-state index is 0.554. The molecule has 5 heterocycles. The number of aliphatic hydroxyl groups excluding tert-OH is 15. The van der Waals surface area contributed by atoms with Crippen molar-refractivity contribution in [2.24, 2.45) is 0 Å². The summed E-state index contributed by atoms with van der Waals surface area (Å²) >= 11 is 0. The van der Waals surface area contributed by atoms with Crippen LogP contribution in [0.15, 0.2) is 0 Å². The molecule has 0 aromatic heterocycles. The van der Waals surface area contributed by atoms with Gasteiger partial charge >= 0.3 is 0 Å². The van der Waals surface area contributed by atoms with Crippen LogP contribution < -0.4 is 0 Å². The first kappa shape index (κ1) is 42.2. The summed E-state index contributed by atoms with van der Waals surface area (Å²) < 4.78 is 49.1. The van der Waals surface area contributed by atoms with Gasteiger partial charge < -0.3 is 119 Å². The maximum atomic E-state index is 11.2. The normalized spacial score (nSPS) is 53.0. The Morgan fingerprint density at radius 1 is 0.327 bits per heavy atom. The molecular weight excluding hydrogens is 720 g/mol. The first-order chi connectivity index (χ1) is 24.6. The first-order valence-electron chi connectivity index (χ1n) is 16.4. The van der Waals surface area contributed by atoms with Gasteiger partial charge in [0, 0.05) is 0 Å². The number of hydrogen-bond donors (Lipinski definition) is 15. The van der Waals surface area contributed by atoms with E-state index in [1.54, 1.807) is 0 Å². The zero-order valence-corrected chi connectivity index (χ0v) is 27.2. The maximum absolute atomic E-state index is 11.2. The van der Waals surface area contributed by atoms with Crippen LogP contribution in [0.1, 0.15) is 0 Å². The van der Waals surface area contributed by atoms with Gasteiger partial charge in [-0.15, -0.1) is 0 Å². The van der Waals surface area contributed by atoms with E-state index in [4.69, 9.17) is 42.6 Å². The Hall–Kier alpha value is -0.960. The fraction of sp³-hybridized carbons (Fsp3) is 1.00. The minimum Gasteiger partial charge on any atom is -0.394 e. The highest BCUT2D eigenvalue weighted by molar-refractivity contribution is 4.96. The molecule has 0 bridgehead atoms. The van der Waals surface area contributed by atoms with E-state index in [0.717, 1.165) is 0 Å². The molecule has 0 saturated carbocycles. The average molecular weight is 769 g/mol. The van der Waals surface area contributed by atoms with Gasteiger partial charge in [0.05, 0.1) is 33.0 Å². The van der Waals surface area contributed by atoms with Crippen molar-refractivity contribution in [3.05, 3.63) is 0 Å². The Bertz CT molecular complexity index is 1110. The van der Waals surface area contributed by atoms with Crippen LogP contribution in [0.25, 0.3) is 0 Å². The van der Waals surface area contributed by atoms with Gasteiger partial charge in [0.1, 0.15) is 110 Å². The summed E-state index contributed by atoms with van der Waals surface area (Å²) in [5, 5.41) is 153. The first-order valence-corrected chi connectivity index (χ1v) is 16.4. The van der Waals surface area contributed by atoms with Crippen molar-refractivity contribution in [1.82, 2.24) is 0 Å². The molecule has 15 N–H and O–H groups in total. The highest BCUT2D eigenvalue weighted by Crippen LogP contribution is 2.33. The minimum atomic E-state index is -1.99. The quantitative estimate of drug-likeness (QED) is 0.0827. The zero-order chi connectivity index (χ0) is 38.2. The predicted octanol–water partition coefficient (Wildman–Crippen LogP) is -10.6. The molecule has 0 aromatic carbocycles. The van der Waals surface area contributed by atoms with E-state index >= 15 is 0 Å². The van der Waals surface area contributed by atoms with Crippen LogP contribution in [0.3, 0.4) is 0 Å². The van der Waals surface area contributed by atoms with Gasteiger partial charge in [0.25, 0.3) is 0 Å². The van der Waals surface area contributed by atoms with Crippen LogP contribution in [-0.4, -0.2) is 251 Å². The Morgan fingerprint density at radius 2 is 0.673 bits per heavy atom. The second-order valence-electron chi connectivity index (χ2n) is 13.1. The molecule has 5 rings (SSSR count). The Balaban J connectivity index is 1.26. The van der Waals surface area contributed by atoms with Crippen molar-refractivity contribution in [1.29, 1.82) is 0 Å². The SMILES string of the molecule is OC[C@@H]1O[C@@H](OC[C@@H]2O[C@@H](O[C@H]3[C@H](OC[C@H]4O[C@@H](O)[C@H](O)[C@@H](O)[C@H]4O)O[C@H](CO[C@@H]4O[C@H](CO)[C@H](O)[C@H](O)[C@H]4O)[C@H](O)[C@@H]3O)[C@H](O)[C@H]2O)[C@H](O)[C@H]1O. The molecule has 5 fully saturated rings. The topological polar surface area (TPSA) is 387 Å². The third-order valence-electron chi connectivity index (χ3n) is 9.56. The van der Waals surface area contributed by atoms with Crippen molar-refractivity contribution in [2.45, 2.75) is 141 Å². The van der Waals surface area contributed by atoms with E-state index in [1.165, 1.54) is 0 Å². The highest BCUT2D eigenvalue weighted by atomic mass is 16.8. The summed E-state index contributed by atoms with van der Waals surface area (Å²) in [6, 6.07) is 0. The van der Waals surface area contributed by atoms with E-state index in [-0.39, 0.29) is 0 Å². The van der Waals surface area contributed by atoms with Gasteiger partial charge in [-0.1, -0.05) is 0 Å². The summed E-state index contributed by atoms with van der Waals surface area (Å²) in [4.78, 5) is 0. The molecule has 0 aromatic rings. The molecule has 52 heavy (non-hydrogen) atoms. The lowest BCUT2D eigenvalue weighted by molar-refractivity contribution is -0.358. The average Bonchev–Trinajstić information content (AvgIpc) is 3.56. The van der Waals surface area contributed by atoms with Crippen molar-refractivity contribution in [3.8, 4) is 0 Å². The maximum Gasteiger partial charge on any atom is 0.187 e. The molecule has 0 radical (unpaired) electrons. The third kappa shape index (κ3) is 8.70. The van der Waals surface area contributed by atoms with Gasteiger partial charge in [0.15, 0.2) is 31.5 Å². The molecule has 5 aliphatic heterocycles.